The van der Waals surface area contributed by atoms with Crippen LogP contribution in [-0.2, 0) is 6.54 Å². The van der Waals surface area contributed by atoms with Gasteiger partial charge in [-0.15, -0.1) is 0 Å². The lowest BCUT2D eigenvalue weighted by Crippen LogP contribution is -2.20. The molecule has 0 spiro atoms. The third-order valence-corrected chi connectivity index (χ3v) is 3.63. The van der Waals surface area contributed by atoms with E-state index in [0.717, 1.165) is 6.07 Å². The zero-order valence-corrected chi connectivity index (χ0v) is 12.9. The fourth-order valence-corrected chi connectivity index (χ4v) is 2.41. The van der Waals surface area contributed by atoms with Gasteiger partial charge in [0.1, 0.15) is 17.2 Å². The number of hydrogen-bond donors (Lipinski definition) is 4. The van der Waals surface area contributed by atoms with Crippen LogP contribution in [0.5, 0.6) is 0 Å². The van der Waals surface area contributed by atoms with Crippen molar-refractivity contribution in [1.29, 1.82) is 0 Å². The van der Waals surface area contributed by atoms with Crippen LogP contribution in [0.15, 0.2) is 35.3 Å². The molecule has 0 aliphatic carbocycles. The maximum atomic E-state index is 13.9. The maximum Gasteiger partial charge on any atom is 0.159 e. The van der Waals surface area contributed by atoms with E-state index in [9.17, 15) is 14.0 Å². The fraction of sp³-hybridized carbons (Fsp3) is 0.0667. The summed E-state index contributed by atoms with van der Waals surface area (Å²) in [4.78, 5) is 11.1. The average molecular weight is 352 g/mol. The van der Waals surface area contributed by atoms with Crippen LogP contribution < -0.4 is 11.2 Å². The number of rotatable bonds is 3. The number of fused-ring (bicyclic) bond motifs is 1. The molecule has 2 aromatic carbocycles. The van der Waals surface area contributed by atoms with Crippen molar-refractivity contribution in [3.05, 3.63) is 58.4 Å². The van der Waals surface area contributed by atoms with E-state index in [1.165, 1.54) is 24.3 Å². The zero-order valence-electron chi connectivity index (χ0n) is 12.1. The van der Waals surface area contributed by atoms with E-state index in [0.29, 0.717) is 22.6 Å². The number of nitrogens with zero attached hydrogens (tertiary/aromatic N) is 2. The number of nitrogens with two attached hydrogens (primary N) is 1. The lowest BCUT2D eigenvalue weighted by molar-refractivity contribution is 0.235. The van der Waals surface area contributed by atoms with Crippen molar-refractivity contribution >= 4 is 34.2 Å². The number of imidazole rings is 1. The number of hydrogen-bond acceptors (Lipinski definition) is 4. The van der Waals surface area contributed by atoms with Crippen molar-refractivity contribution in [2.75, 3.05) is 0 Å². The van der Waals surface area contributed by atoms with Crippen LogP contribution in [0.2, 0.25) is 5.02 Å². The summed E-state index contributed by atoms with van der Waals surface area (Å²) in [6, 6.07) is 6.45. The van der Waals surface area contributed by atoms with Crippen LogP contribution >= 0.6 is 11.6 Å². The number of nitrogens with one attached hydrogen (secondary N) is 2. The van der Waals surface area contributed by atoms with E-state index in [4.69, 9.17) is 17.3 Å². The second-order valence-electron chi connectivity index (χ2n) is 4.88. The molecule has 0 unspecified atom stereocenters. The van der Waals surface area contributed by atoms with Gasteiger partial charge in [0.05, 0.1) is 22.8 Å². The van der Waals surface area contributed by atoms with Crippen LogP contribution in [0.4, 0.5) is 14.5 Å². The lowest BCUT2D eigenvalue weighted by atomic mass is 10.1. The molecule has 5 N–H and O–H groups in total. The molecular weight excluding hydrogens is 340 g/mol. The first kappa shape index (κ1) is 16.3. The van der Waals surface area contributed by atoms with E-state index in [1.807, 2.05) is 5.48 Å². The molecule has 1 aromatic heterocycles. The Hall–Kier alpha value is -2.55. The van der Waals surface area contributed by atoms with Gasteiger partial charge in [0.25, 0.3) is 0 Å². The molecule has 3 rings (SSSR count). The smallest absolute Gasteiger partial charge is 0.159 e. The van der Waals surface area contributed by atoms with Gasteiger partial charge >= 0.3 is 0 Å². The Balaban J connectivity index is 2.15. The van der Waals surface area contributed by atoms with Crippen molar-refractivity contribution in [3.63, 3.8) is 0 Å². The predicted molar refractivity (Wildman–Crippen MR) is 86.5 cm³/mol. The van der Waals surface area contributed by atoms with Crippen molar-refractivity contribution in [2.24, 2.45) is 10.7 Å². The minimum absolute atomic E-state index is 0.00916. The summed E-state index contributed by atoms with van der Waals surface area (Å²) < 4.78 is 27.1. The van der Waals surface area contributed by atoms with Crippen LogP contribution in [0.1, 0.15) is 11.4 Å². The highest BCUT2D eigenvalue weighted by molar-refractivity contribution is 6.31. The van der Waals surface area contributed by atoms with Gasteiger partial charge in [-0.1, -0.05) is 11.6 Å². The fourth-order valence-electron chi connectivity index (χ4n) is 2.23. The molecule has 0 saturated heterocycles. The summed E-state index contributed by atoms with van der Waals surface area (Å²) in [7, 11) is 0. The first-order valence-corrected chi connectivity index (χ1v) is 7.22. The van der Waals surface area contributed by atoms with Gasteiger partial charge in [0, 0.05) is 5.56 Å². The highest BCUT2D eigenvalue weighted by Gasteiger charge is 2.15. The molecule has 24 heavy (non-hydrogen) atoms. The summed E-state index contributed by atoms with van der Waals surface area (Å²) in [5.41, 5.74) is 8.53. The number of aliphatic imine (C=N–C) groups is 1. The second-order valence-corrected chi connectivity index (χ2v) is 5.28. The first-order valence-electron chi connectivity index (χ1n) is 6.85. The SMILES string of the molecule is NCc1nc2c(F)ccc(C(=Nc3ccc(F)c(Cl)c3)NO)c2[nH]1. The monoisotopic (exact) mass is 351 g/mol. The number of benzene rings is 2. The van der Waals surface area contributed by atoms with Gasteiger partial charge in [-0.05, 0) is 30.3 Å². The zero-order chi connectivity index (χ0) is 17.3. The van der Waals surface area contributed by atoms with Crippen LogP contribution in [-0.4, -0.2) is 21.0 Å². The van der Waals surface area contributed by atoms with Gasteiger partial charge in [0.2, 0.25) is 0 Å². The topological polar surface area (TPSA) is 99.3 Å². The summed E-state index contributed by atoms with van der Waals surface area (Å²) in [6.07, 6.45) is 0. The normalized spacial score (nSPS) is 12.0. The van der Waals surface area contributed by atoms with E-state index in [-0.39, 0.29) is 22.9 Å². The number of hydroxylamine groups is 1. The number of aromatic amines is 1. The Labute approximate surface area is 139 Å². The maximum absolute atomic E-state index is 13.9. The van der Waals surface area contributed by atoms with Crippen LogP contribution in [0.3, 0.4) is 0 Å². The largest absolute Gasteiger partial charge is 0.340 e. The molecule has 3 aromatic rings. The van der Waals surface area contributed by atoms with Gasteiger partial charge in [-0.25, -0.2) is 18.8 Å². The Morgan fingerprint density at radius 1 is 1.29 bits per heavy atom. The molecule has 0 fully saturated rings. The van der Waals surface area contributed by atoms with Crippen LogP contribution in [0, 0.1) is 11.6 Å². The number of amidine groups is 1. The number of halogens is 3. The van der Waals surface area contributed by atoms with Crippen molar-refractivity contribution in [1.82, 2.24) is 15.4 Å². The van der Waals surface area contributed by atoms with Gasteiger partial charge < -0.3 is 10.7 Å². The molecule has 1 heterocycles. The Kier molecular flexibility index (Phi) is 4.43. The number of aromatic nitrogens is 2. The molecule has 0 aliphatic heterocycles. The molecule has 6 nitrogen and oxygen atoms in total. The van der Waals surface area contributed by atoms with E-state index in [2.05, 4.69) is 15.0 Å². The molecule has 0 radical (unpaired) electrons. The molecule has 0 saturated carbocycles. The van der Waals surface area contributed by atoms with Crippen LogP contribution in [0.25, 0.3) is 11.0 Å². The Morgan fingerprint density at radius 2 is 2.04 bits per heavy atom. The molecule has 0 bridgehead atoms. The molecule has 124 valence electrons. The molecular formula is C15H12ClF2N5O. The predicted octanol–water partition coefficient (Wildman–Crippen LogP) is 3.01. The third-order valence-electron chi connectivity index (χ3n) is 3.34. The third kappa shape index (κ3) is 2.94. The average Bonchev–Trinajstić information content (AvgIpc) is 3.02. The summed E-state index contributed by atoms with van der Waals surface area (Å²) in [6.45, 7) is 0.0974. The first-order chi connectivity index (χ1) is 11.5. The summed E-state index contributed by atoms with van der Waals surface area (Å²) >= 11 is 5.72. The second kappa shape index (κ2) is 6.52. The minimum Gasteiger partial charge on any atom is -0.340 e. The van der Waals surface area contributed by atoms with Gasteiger partial charge in [-0.3, -0.25) is 10.7 Å². The minimum atomic E-state index is -0.584. The van der Waals surface area contributed by atoms with Gasteiger partial charge in [0.15, 0.2) is 11.7 Å². The Morgan fingerprint density at radius 3 is 2.71 bits per heavy atom. The summed E-state index contributed by atoms with van der Waals surface area (Å²) in [5.74, 6) is -0.723. The molecule has 0 amide bonds. The molecule has 0 aliphatic rings. The number of H-pyrrole nitrogens is 1. The Bertz CT molecular complexity index is 941. The summed E-state index contributed by atoms with van der Waals surface area (Å²) in [5, 5.41) is 9.31. The lowest BCUT2D eigenvalue weighted by Gasteiger charge is -2.07. The highest BCUT2D eigenvalue weighted by atomic mass is 35.5. The highest BCUT2D eigenvalue weighted by Crippen LogP contribution is 2.24. The van der Waals surface area contributed by atoms with E-state index >= 15 is 0 Å². The quantitative estimate of drug-likeness (QED) is 0.331. The van der Waals surface area contributed by atoms with Crippen molar-refractivity contribution in [2.45, 2.75) is 6.54 Å². The standard InChI is InChI=1S/C15H12ClF2N5O/c16-9-5-7(1-3-10(9)17)20-15(23-24)8-2-4-11(18)14-13(8)21-12(6-19)22-14/h1-5,24H,6,19H2,(H,20,23)(H,21,22). The molecule has 9 heteroatoms. The van der Waals surface area contributed by atoms with Crippen molar-refractivity contribution < 1.29 is 14.0 Å². The molecule has 0 atom stereocenters. The van der Waals surface area contributed by atoms with E-state index < -0.39 is 11.6 Å². The van der Waals surface area contributed by atoms with Crippen molar-refractivity contribution in [3.8, 4) is 0 Å². The van der Waals surface area contributed by atoms with Gasteiger partial charge in [-0.2, -0.15) is 0 Å². The van der Waals surface area contributed by atoms with E-state index in [1.54, 1.807) is 0 Å².